The number of likely N-dealkylation sites (N-methyl/N-ethyl adjacent to an activating group) is 1. The number of hydrogen-bond acceptors (Lipinski definition) is 4. The maximum atomic E-state index is 14.3. The van der Waals surface area contributed by atoms with Crippen LogP contribution in [0.2, 0.25) is 0 Å². The van der Waals surface area contributed by atoms with Gasteiger partial charge in [0.1, 0.15) is 13.2 Å². The molecule has 0 saturated heterocycles. The SMILES string of the molecule is CN1CCNc2cc3c(c(F)c2C1)OCCO3. The van der Waals surface area contributed by atoms with Crippen molar-refractivity contribution in [2.24, 2.45) is 0 Å². The molecule has 0 atom stereocenters. The Morgan fingerprint density at radius 3 is 3.06 bits per heavy atom. The van der Waals surface area contributed by atoms with Crippen molar-refractivity contribution in [3.05, 3.63) is 17.4 Å². The summed E-state index contributed by atoms with van der Waals surface area (Å²) >= 11 is 0. The van der Waals surface area contributed by atoms with E-state index in [0.29, 0.717) is 31.1 Å². The van der Waals surface area contributed by atoms with Crippen LogP contribution >= 0.6 is 0 Å². The second kappa shape index (κ2) is 4.07. The van der Waals surface area contributed by atoms with E-state index in [4.69, 9.17) is 9.47 Å². The van der Waals surface area contributed by atoms with E-state index in [9.17, 15) is 4.39 Å². The van der Waals surface area contributed by atoms with Crippen molar-refractivity contribution in [2.45, 2.75) is 6.54 Å². The fourth-order valence-corrected chi connectivity index (χ4v) is 2.23. The van der Waals surface area contributed by atoms with Gasteiger partial charge >= 0.3 is 0 Å². The van der Waals surface area contributed by atoms with Crippen molar-refractivity contribution in [1.82, 2.24) is 4.90 Å². The summed E-state index contributed by atoms with van der Waals surface area (Å²) in [4.78, 5) is 2.08. The van der Waals surface area contributed by atoms with Crippen molar-refractivity contribution in [3.8, 4) is 11.5 Å². The first-order valence-electron chi connectivity index (χ1n) is 5.79. The largest absolute Gasteiger partial charge is 0.486 e. The molecule has 1 aromatic rings. The van der Waals surface area contributed by atoms with Crippen LogP contribution in [-0.2, 0) is 6.54 Å². The average molecular weight is 238 g/mol. The number of benzene rings is 1. The summed E-state index contributed by atoms with van der Waals surface area (Å²) in [5.41, 5.74) is 1.48. The fourth-order valence-electron chi connectivity index (χ4n) is 2.23. The van der Waals surface area contributed by atoms with E-state index in [1.807, 2.05) is 13.1 Å². The number of halogens is 1. The van der Waals surface area contributed by atoms with Crippen LogP contribution in [0.3, 0.4) is 0 Å². The molecule has 3 rings (SSSR count). The lowest BCUT2D eigenvalue weighted by molar-refractivity contribution is 0.163. The van der Waals surface area contributed by atoms with E-state index >= 15 is 0 Å². The van der Waals surface area contributed by atoms with Gasteiger partial charge in [0, 0.05) is 37.0 Å². The average Bonchev–Trinajstić information content (AvgIpc) is 2.51. The van der Waals surface area contributed by atoms with Crippen molar-refractivity contribution in [3.63, 3.8) is 0 Å². The highest BCUT2D eigenvalue weighted by Gasteiger charge is 2.25. The van der Waals surface area contributed by atoms with E-state index < -0.39 is 0 Å². The molecule has 1 aromatic carbocycles. The molecule has 0 spiro atoms. The Morgan fingerprint density at radius 1 is 1.35 bits per heavy atom. The first-order chi connectivity index (χ1) is 8.25. The molecule has 92 valence electrons. The van der Waals surface area contributed by atoms with E-state index in [1.54, 1.807) is 0 Å². The highest BCUT2D eigenvalue weighted by Crippen LogP contribution is 2.39. The van der Waals surface area contributed by atoms with Gasteiger partial charge in [-0.05, 0) is 7.05 Å². The van der Waals surface area contributed by atoms with Crippen LogP contribution < -0.4 is 14.8 Å². The Bertz CT molecular complexity index is 451. The predicted octanol–water partition coefficient (Wildman–Crippen LogP) is 1.45. The molecule has 0 fully saturated rings. The third-order valence-corrected chi connectivity index (χ3v) is 3.11. The summed E-state index contributed by atoms with van der Waals surface area (Å²) < 4.78 is 25.1. The predicted molar refractivity (Wildman–Crippen MR) is 62.2 cm³/mol. The Morgan fingerprint density at radius 2 is 2.18 bits per heavy atom. The van der Waals surface area contributed by atoms with Gasteiger partial charge in [-0.25, -0.2) is 4.39 Å². The molecule has 0 saturated carbocycles. The van der Waals surface area contributed by atoms with Gasteiger partial charge in [0.25, 0.3) is 0 Å². The van der Waals surface area contributed by atoms with Crippen LogP contribution in [0.15, 0.2) is 6.07 Å². The highest BCUT2D eigenvalue weighted by atomic mass is 19.1. The lowest BCUT2D eigenvalue weighted by Crippen LogP contribution is -2.21. The summed E-state index contributed by atoms with van der Waals surface area (Å²) in [6.45, 7) is 3.17. The number of anilines is 1. The minimum atomic E-state index is -0.293. The molecule has 0 bridgehead atoms. The molecule has 0 aromatic heterocycles. The van der Waals surface area contributed by atoms with Gasteiger partial charge < -0.3 is 19.7 Å². The molecule has 0 aliphatic carbocycles. The molecule has 5 heteroatoms. The first-order valence-corrected chi connectivity index (χ1v) is 5.79. The number of fused-ring (bicyclic) bond motifs is 2. The Balaban J connectivity index is 2.10. The number of nitrogens with one attached hydrogen (secondary N) is 1. The monoisotopic (exact) mass is 238 g/mol. The summed E-state index contributed by atoms with van der Waals surface area (Å²) in [6.07, 6.45) is 0. The van der Waals surface area contributed by atoms with Gasteiger partial charge in [-0.3, -0.25) is 0 Å². The zero-order chi connectivity index (χ0) is 11.8. The van der Waals surface area contributed by atoms with E-state index in [0.717, 1.165) is 18.8 Å². The van der Waals surface area contributed by atoms with E-state index in [-0.39, 0.29) is 11.6 Å². The normalized spacial score (nSPS) is 19.2. The van der Waals surface area contributed by atoms with Crippen LogP contribution in [0.25, 0.3) is 0 Å². The number of ether oxygens (including phenoxy) is 2. The number of rotatable bonds is 0. The van der Waals surface area contributed by atoms with Crippen LogP contribution in [0, 0.1) is 5.82 Å². The minimum absolute atomic E-state index is 0.257. The van der Waals surface area contributed by atoms with Crippen LogP contribution in [0.5, 0.6) is 11.5 Å². The second-order valence-corrected chi connectivity index (χ2v) is 4.41. The summed E-state index contributed by atoms with van der Waals surface area (Å²) in [5, 5.41) is 3.23. The molecule has 2 aliphatic heterocycles. The van der Waals surface area contributed by atoms with Gasteiger partial charge in [-0.2, -0.15) is 0 Å². The Labute approximate surface area is 99.3 Å². The van der Waals surface area contributed by atoms with E-state index in [1.165, 1.54) is 0 Å². The Hall–Kier alpha value is -1.49. The summed E-state index contributed by atoms with van der Waals surface area (Å²) in [5.74, 6) is 0.468. The maximum absolute atomic E-state index is 14.3. The zero-order valence-corrected chi connectivity index (χ0v) is 9.75. The second-order valence-electron chi connectivity index (χ2n) is 4.41. The molecular weight excluding hydrogens is 223 g/mol. The molecule has 17 heavy (non-hydrogen) atoms. The maximum Gasteiger partial charge on any atom is 0.197 e. The molecule has 1 N–H and O–H groups in total. The molecule has 2 heterocycles. The standard InChI is InChI=1S/C12H15FN2O2/c1-15-3-2-14-9-6-10-12(17-5-4-16-10)11(13)8(9)7-15/h6,14H,2-5,7H2,1H3. The van der Waals surface area contributed by atoms with Crippen molar-refractivity contribution < 1.29 is 13.9 Å². The van der Waals surface area contributed by atoms with Crippen LogP contribution in [0.1, 0.15) is 5.56 Å². The molecule has 2 aliphatic rings. The minimum Gasteiger partial charge on any atom is -0.486 e. The smallest absolute Gasteiger partial charge is 0.197 e. The molecule has 0 amide bonds. The quantitative estimate of drug-likeness (QED) is 0.742. The third kappa shape index (κ3) is 1.80. The van der Waals surface area contributed by atoms with Crippen molar-refractivity contribution in [1.29, 1.82) is 0 Å². The summed E-state index contributed by atoms with van der Waals surface area (Å²) in [7, 11) is 1.98. The zero-order valence-electron chi connectivity index (χ0n) is 9.75. The molecule has 0 radical (unpaired) electrons. The number of hydrogen-bond donors (Lipinski definition) is 1. The lowest BCUT2D eigenvalue weighted by Gasteiger charge is -2.22. The topological polar surface area (TPSA) is 33.7 Å². The highest BCUT2D eigenvalue weighted by molar-refractivity contribution is 5.62. The molecular formula is C12H15FN2O2. The summed E-state index contributed by atoms with van der Waals surface area (Å²) in [6, 6.07) is 1.84. The first kappa shape index (κ1) is 10.7. The van der Waals surface area contributed by atoms with Crippen LogP contribution in [0.4, 0.5) is 10.1 Å². The van der Waals surface area contributed by atoms with Crippen molar-refractivity contribution >= 4 is 5.69 Å². The van der Waals surface area contributed by atoms with Gasteiger partial charge in [0.15, 0.2) is 17.3 Å². The van der Waals surface area contributed by atoms with Crippen LogP contribution in [-0.4, -0.2) is 38.3 Å². The van der Waals surface area contributed by atoms with Gasteiger partial charge in [0.2, 0.25) is 0 Å². The molecule has 4 nitrogen and oxygen atoms in total. The molecule has 0 unspecified atom stereocenters. The lowest BCUT2D eigenvalue weighted by atomic mass is 10.1. The van der Waals surface area contributed by atoms with Gasteiger partial charge in [0.05, 0.1) is 0 Å². The van der Waals surface area contributed by atoms with Gasteiger partial charge in [-0.15, -0.1) is 0 Å². The number of nitrogens with zero attached hydrogens (tertiary/aromatic N) is 1. The Kier molecular flexibility index (Phi) is 2.55. The van der Waals surface area contributed by atoms with Crippen molar-refractivity contribution in [2.75, 3.05) is 38.7 Å². The van der Waals surface area contributed by atoms with Gasteiger partial charge in [-0.1, -0.05) is 0 Å². The fraction of sp³-hybridized carbons (Fsp3) is 0.500. The van der Waals surface area contributed by atoms with E-state index in [2.05, 4.69) is 10.2 Å². The third-order valence-electron chi connectivity index (χ3n) is 3.11.